The van der Waals surface area contributed by atoms with E-state index in [1.54, 1.807) is 18.3 Å². The molecular weight excluding hydrogens is 408 g/mol. The predicted octanol–water partition coefficient (Wildman–Crippen LogP) is 5.00. The maximum Gasteiger partial charge on any atom is 0.416 e. The highest BCUT2D eigenvalue weighted by Crippen LogP contribution is 2.36. The van der Waals surface area contributed by atoms with Gasteiger partial charge in [0.1, 0.15) is 0 Å². The second-order valence-electron chi connectivity index (χ2n) is 5.85. The standard InChI is InChI=1S/C18H15F6NO2S/c1-10-7-13(28-14(10)9-26)5-6-15(27)25-16(18(22,23)24)11-3-2-4-12(8-11)17(19,20)21/h2-8,16,26H,9H2,1H3,(H,25,27). The van der Waals surface area contributed by atoms with Gasteiger partial charge in [-0.3, -0.25) is 4.79 Å². The fourth-order valence-electron chi connectivity index (χ4n) is 2.38. The van der Waals surface area contributed by atoms with Gasteiger partial charge in [-0.1, -0.05) is 12.1 Å². The van der Waals surface area contributed by atoms with Crippen LogP contribution in [0.5, 0.6) is 0 Å². The van der Waals surface area contributed by atoms with E-state index in [4.69, 9.17) is 5.11 Å². The lowest BCUT2D eigenvalue weighted by atomic mass is 10.0. The first-order valence-electron chi connectivity index (χ1n) is 7.84. The number of carbonyl (C=O) groups is 1. The third-order valence-corrected chi connectivity index (χ3v) is 4.93. The van der Waals surface area contributed by atoms with Gasteiger partial charge in [0.25, 0.3) is 0 Å². The van der Waals surface area contributed by atoms with E-state index in [1.165, 1.54) is 6.08 Å². The van der Waals surface area contributed by atoms with Gasteiger partial charge in [0.05, 0.1) is 12.2 Å². The lowest BCUT2D eigenvalue weighted by molar-refractivity contribution is -0.162. The summed E-state index contributed by atoms with van der Waals surface area (Å²) in [7, 11) is 0. The van der Waals surface area contributed by atoms with Crippen molar-refractivity contribution < 1.29 is 36.2 Å². The van der Waals surface area contributed by atoms with Gasteiger partial charge in [-0.2, -0.15) is 26.3 Å². The van der Waals surface area contributed by atoms with Gasteiger partial charge < -0.3 is 10.4 Å². The van der Waals surface area contributed by atoms with Crippen LogP contribution in [0.15, 0.2) is 36.4 Å². The Morgan fingerprint density at radius 3 is 2.43 bits per heavy atom. The van der Waals surface area contributed by atoms with Crippen LogP contribution < -0.4 is 5.32 Å². The first kappa shape index (κ1) is 22.0. The average Bonchev–Trinajstić information content (AvgIpc) is 2.96. The van der Waals surface area contributed by atoms with Gasteiger partial charge in [0.15, 0.2) is 6.04 Å². The quantitative estimate of drug-likeness (QED) is 0.525. The molecule has 28 heavy (non-hydrogen) atoms. The molecule has 0 bridgehead atoms. The Morgan fingerprint density at radius 1 is 1.21 bits per heavy atom. The molecule has 2 rings (SSSR count). The molecular formula is C18H15F6NO2S. The third kappa shape index (κ3) is 5.59. The molecule has 0 saturated heterocycles. The lowest BCUT2D eigenvalue weighted by Crippen LogP contribution is -2.37. The zero-order valence-electron chi connectivity index (χ0n) is 14.4. The van der Waals surface area contributed by atoms with E-state index < -0.39 is 35.4 Å². The fraction of sp³-hybridized carbons (Fsp3) is 0.278. The molecule has 1 amide bonds. The molecule has 1 aromatic carbocycles. The number of thiophene rings is 1. The Bertz CT molecular complexity index is 870. The van der Waals surface area contributed by atoms with Gasteiger partial charge in [0, 0.05) is 15.8 Å². The summed E-state index contributed by atoms with van der Waals surface area (Å²) in [5.74, 6) is -1.11. The Kier molecular flexibility index (Phi) is 6.56. The number of nitrogens with one attached hydrogen (secondary N) is 1. The van der Waals surface area contributed by atoms with Crippen molar-refractivity contribution in [1.29, 1.82) is 0 Å². The molecule has 152 valence electrons. The van der Waals surface area contributed by atoms with Crippen LogP contribution in [-0.4, -0.2) is 17.2 Å². The van der Waals surface area contributed by atoms with E-state index in [9.17, 15) is 31.1 Å². The summed E-state index contributed by atoms with van der Waals surface area (Å²) >= 11 is 1.16. The first-order valence-corrected chi connectivity index (χ1v) is 8.66. The second kappa shape index (κ2) is 8.36. The lowest BCUT2D eigenvalue weighted by Gasteiger charge is -2.22. The number of rotatable bonds is 5. The topological polar surface area (TPSA) is 49.3 Å². The number of alkyl halides is 6. The molecule has 0 spiro atoms. The zero-order chi connectivity index (χ0) is 21.1. The summed E-state index contributed by atoms with van der Waals surface area (Å²) < 4.78 is 78.2. The summed E-state index contributed by atoms with van der Waals surface area (Å²) in [5.41, 5.74) is -1.20. The number of carbonyl (C=O) groups excluding carboxylic acids is 1. The maximum absolute atomic E-state index is 13.3. The van der Waals surface area contributed by atoms with E-state index in [2.05, 4.69) is 0 Å². The summed E-state index contributed by atoms with van der Waals surface area (Å²) in [6.07, 6.45) is -7.67. The minimum atomic E-state index is -4.99. The molecule has 2 N–H and O–H groups in total. The van der Waals surface area contributed by atoms with Crippen LogP contribution >= 0.6 is 11.3 Å². The Balaban J connectivity index is 2.23. The van der Waals surface area contributed by atoms with Crippen LogP contribution in [0.25, 0.3) is 6.08 Å². The summed E-state index contributed by atoms with van der Waals surface area (Å²) in [4.78, 5) is 13.1. The van der Waals surface area contributed by atoms with Gasteiger partial charge in [-0.05, 0) is 42.3 Å². The van der Waals surface area contributed by atoms with Gasteiger partial charge in [-0.25, -0.2) is 0 Å². The molecule has 1 aromatic heterocycles. The molecule has 0 aliphatic heterocycles. The molecule has 1 unspecified atom stereocenters. The predicted molar refractivity (Wildman–Crippen MR) is 92.4 cm³/mol. The van der Waals surface area contributed by atoms with E-state index in [-0.39, 0.29) is 6.61 Å². The maximum atomic E-state index is 13.3. The van der Waals surface area contributed by atoms with Gasteiger partial charge in [-0.15, -0.1) is 11.3 Å². The Morgan fingerprint density at radius 2 is 1.89 bits per heavy atom. The zero-order valence-corrected chi connectivity index (χ0v) is 15.2. The fourth-order valence-corrected chi connectivity index (χ4v) is 3.32. The number of benzene rings is 1. The average molecular weight is 423 g/mol. The minimum absolute atomic E-state index is 0.206. The highest BCUT2D eigenvalue weighted by molar-refractivity contribution is 7.13. The molecule has 0 radical (unpaired) electrons. The van der Waals surface area contributed by atoms with Crippen LogP contribution in [0, 0.1) is 6.92 Å². The highest BCUT2D eigenvalue weighted by atomic mass is 32.1. The summed E-state index contributed by atoms with van der Waals surface area (Å²) in [6.45, 7) is 1.52. The van der Waals surface area contributed by atoms with E-state index >= 15 is 0 Å². The monoisotopic (exact) mass is 423 g/mol. The summed E-state index contributed by atoms with van der Waals surface area (Å²) in [6, 6.07) is 1.78. The molecule has 0 aliphatic carbocycles. The van der Waals surface area contributed by atoms with Crippen LogP contribution in [-0.2, 0) is 17.6 Å². The first-order chi connectivity index (χ1) is 12.9. The normalized spacial score (nSPS) is 13.7. The van der Waals surface area contributed by atoms with Gasteiger partial charge >= 0.3 is 12.4 Å². The molecule has 10 heteroatoms. The molecule has 0 fully saturated rings. The van der Waals surface area contributed by atoms with Crippen molar-refractivity contribution >= 4 is 23.3 Å². The highest BCUT2D eigenvalue weighted by Gasteiger charge is 2.42. The van der Waals surface area contributed by atoms with Crippen molar-refractivity contribution in [3.63, 3.8) is 0 Å². The minimum Gasteiger partial charge on any atom is -0.391 e. The van der Waals surface area contributed by atoms with Crippen LogP contribution in [0.3, 0.4) is 0 Å². The number of aryl methyl sites for hydroxylation is 1. The second-order valence-corrected chi connectivity index (χ2v) is 7.02. The van der Waals surface area contributed by atoms with Gasteiger partial charge in [0.2, 0.25) is 5.91 Å². The molecule has 3 nitrogen and oxygen atoms in total. The van der Waals surface area contributed by atoms with Crippen LogP contribution in [0.1, 0.15) is 32.5 Å². The molecule has 2 aromatic rings. The van der Waals surface area contributed by atoms with E-state index in [1.807, 2.05) is 0 Å². The summed E-state index contributed by atoms with van der Waals surface area (Å²) in [5, 5.41) is 10.8. The number of aliphatic hydroxyl groups is 1. The molecule has 0 saturated carbocycles. The van der Waals surface area contributed by atoms with Crippen molar-refractivity contribution in [3.8, 4) is 0 Å². The SMILES string of the molecule is Cc1cc(C=CC(=O)NC(c2cccc(C(F)(F)F)c2)C(F)(F)F)sc1CO. The number of halogens is 6. The molecule has 1 heterocycles. The number of hydrogen-bond donors (Lipinski definition) is 2. The molecule has 0 aliphatic rings. The van der Waals surface area contributed by atoms with Crippen molar-refractivity contribution in [1.82, 2.24) is 5.32 Å². The van der Waals surface area contributed by atoms with Crippen LogP contribution in [0.2, 0.25) is 0 Å². The third-order valence-electron chi connectivity index (χ3n) is 3.74. The van der Waals surface area contributed by atoms with Crippen molar-refractivity contribution in [3.05, 3.63) is 62.9 Å². The van der Waals surface area contributed by atoms with Crippen molar-refractivity contribution in [2.75, 3.05) is 0 Å². The number of hydrogen-bond acceptors (Lipinski definition) is 3. The van der Waals surface area contributed by atoms with E-state index in [0.29, 0.717) is 21.9 Å². The molecule has 1 atom stereocenters. The number of aliphatic hydroxyl groups excluding tert-OH is 1. The number of amides is 1. The largest absolute Gasteiger partial charge is 0.416 e. The van der Waals surface area contributed by atoms with Crippen molar-refractivity contribution in [2.45, 2.75) is 31.9 Å². The smallest absolute Gasteiger partial charge is 0.391 e. The van der Waals surface area contributed by atoms with E-state index in [0.717, 1.165) is 35.1 Å². The Labute approximate surface area is 160 Å². The van der Waals surface area contributed by atoms with Crippen LogP contribution in [0.4, 0.5) is 26.3 Å². The Hall–Kier alpha value is -2.33. The van der Waals surface area contributed by atoms with Crippen molar-refractivity contribution in [2.24, 2.45) is 0 Å².